The Morgan fingerprint density at radius 2 is 1.92 bits per heavy atom. The molecule has 0 aliphatic carbocycles. The molecule has 0 heterocycles. The van der Waals surface area contributed by atoms with Crippen molar-refractivity contribution in [3.05, 3.63) is 35.9 Å². The zero-order valence-corrected chi connectivity index (χ0v) is 8.27. The van der Waals surface area contributed by atoms with E-state index in [1.165, 1.54) is 5.56 Å². The standard InChI is InChI=1S/C11H16N2/c1-13(2)9-8-12-10-11-6-4-3-5-7-11/h3-7,10H,8-9H2,1-2H3. The summed E-state index contributed by atoms with van der Waals surface area (Å²) in [6.45, 7) is 1.87. The van der Waals surface area contributed by atoms with Crippen LogP contribution in [0.4, 0.5) is 0 Å². The van der Waals surface area contributed by atoms with Crippen molar-refractivity contribution in [1.82, 2.24) is 4.90 Å². The van der Waals surface area contributed by atoms with Crippen LogP contribution in [0.3, 0.4) is 0 Å². The van der Waals surface area contributed by atoms with E-state index in [0.717, 1.165) is 13.1 Å². The second-order valence-electron chi connectivity index (χ2n) is 3.25. The first-order chi connectivity index (χ1) is 6.29. The molecule has 0 aromatic heterocycles. The van der Waals surface area contributed by atoms with Crippen molar-refractivity contribution in [2.45, 2.75) is 0 Å². The van der Waals surface area contributed by atoms with E-state index >= 15 is 0 Å². The van der Waals surface area contributed by atoms with Crippen molar-refractivity contribution in [3.8, 4) is 0 Å². The lowest BCUT2D eigenvalue weighted by Crippen LogP contribution is -2.15. The highest BCUT2D eigenvalue weighted by Gasteiger charge is 1.86. The predicted molar refractivity (Wildman–Crippen MR) is 57.5 cm³/mol. The Morgan fingerprint density at radius 1 is 1.23 bits per heavy atom. The average Bonchev–Trinajstić information content (AvgIpc) is 2.14. The summed E-state index contributed by atoms with van der Waals surface area (Å²) in [5, 5.41) is 0. The first-order valence-corrected chi connectivity index (χ1v) is 4.48. The van der Waals surface area contributed by atoms with Crippen LogP contribution < -0.4 is 0 Å². The molecule has 2 nitrogen and oxygen atoms in total. The fraction of sp³-hybridized carbons (Fsp3) is 0.364. The molecule has 0 saturated carbocycles. The van der Waals surface area contributed by atoms with E-state index in [4.69, 9.17) is 0 Å². The minimum Gasteiger partial charge on any atom is -0.308 e. The third-order valence-electron chi connectivity index (χ3n) is 1.72. The van der Waals surface area contributed by atoms with E-state index in [1.807, 2.05) is 24.4 Å². The summed E-state index contributed by atoms with van der Waals surface area (Å²) < 4.78 is 0. The molecule has 0 aliphatic heterocycles. The van der Waals surface area contributed by atoms with Gasteiger partial charge in [0.05, 0.1) is 6.54 Å². The maximum absolute atomic E-state index is 4.32. The minimum atomic E-state index is 0.863. The molecule has 0 aliphatic rings. The Labute approximate surface area is 79.9 Å². The fourth-order valence-corrected chi connectivity index (χ4v) is 0.967. The zero-order chi connectivity index (χ0) is 9.52. The fourth-order valence-electron chi connectivity index (χ4n) is 0.967. The van der Waals surface area contributed by atoms with E-state index < -0.39 is 0 Å². The van der Waals surface area contributed by atoms with Crippen LogP contribution in [0.25, 0.3) is 0 Å². The topological polar surface area (TPSA) is 15.6 Å². The molecule has 2 heteroatoms. The average molecular weight is 176 g/mol. The van der Waals surface area contributed by atoms with Crippen molar-refractivity contribution in [2.75, 3.05) is 27.2 Å². The van der Waals surface area contributed by atoms with Crippen molar-refractivity contribution in [2.24, 2.45) is 4.99 Å². The highest BCUT2D eigenvalue weighted by atomic mass is 15.1. The third kappa shape index (κ3) is 4.43. The zero-order valence-electron chi connectivity index (χ0n) is 8.27. The van der Waals surface area contributed by atoms with E-state index in [0.29, 0.717) is 0 Å². The van der Waals surface area contributed by atoms with E-state index in [1.54, 1.807) is 0 Å². The van der Waals surface area contributed by atoms with Gasteiger partial charge in [0.1, 0.15) is 0 Å². The van der Waals surface area contributed by atoms with E-state index in [-0.39, 0.29) is 0 Å². The summed E-state index contributed by atoms with van der Waals surface area (Å²) in [6.07, 6.45) is 1.92. The molecule has 0 radical (unpaired) electrons. The molecule has 70 valence electrons. The summed E-state index contributed by atoms with van der Waals surface area (Å²) in [7, 11) is 4.11. The van der Waals surface area contributed by atoms with Crippen LogP contribution in [-0.2, 0) is 0 Å². The molecule has 1 rings (SSSR count). The Bertz CT molecular complexity index is 252. The maximum atomic E-state index is 4.32. The Balaban J connectivity index is 2.33. The van der Waals surface area contributed by atoms with Gasteiger partial charge in [-0.15, -0.1) is 0 Å². The molecule has 1 aromatic carbocycles. The molecular formula is C11H16N2. The van der Waals surface area contributed by atoms with Gasteiger partial charge in [0.15, 0.2) is 0 Å². The van der Waals surface area contributed by atoms with Gasteiger partial charge in [-0.25, -0.2) is 0 Å². The molecule has 0 atom stereocenters. The highest BCUT2D eigenvalue weighted by molar-refractivity contribution is 5.79. The lowest BCUT2D eigenvalue weighted by Gasteiger charge is -2.05. The van der Waals surface area contributed by atoms with E-state index in [2.05, 4.69) is 36.1 Å². The van der Waals surface area contributed by atoms with Crippen LogP contribution in [0, 0.1) is 0 Å². The first kappa shape index (κ1) is 9.93. The van der Waals surface area contributed by atoms with Gasteiger partial charge >= 0.3 is 0 Å². The van der Waals surface area contributed by atoms with Gasteiger partial charge in [-0.2, -0.15) is 0 Å². The van der Waals surface area contributed by atoms with Crippen molar-refractivity contribution in [3.63, 3.8) is 0 Å². The van der Waals surface area contributed by atoms with Gasteiger partial charge in [0.2, 0.25) is 0 Å². The number of nitrogens with zero attached hydrogens (tertiary/aromatic N) is 2. The van der Waals surface area contributed by atoms with Crippen molar-refractivity contribution in [1.29, 1.82) is 0 Å². The molecule has 0 bridgehead atoms. The van der Waals surface area contributed by atoms with Crippen molar-refractivity contribution < 1.29 is 0 Å². The lowest BCUT2D eigenvalue weighted by atomic mass is 10.2. The number of benzene rings is 1. The minimum absolute atomic E-state index is 0.863. The summed E-state index contributed by atoms with van der Waals surface area (Å²) in [5.74, 6) is 0. The van der Waals surface area contributed by atoms with Crippen molar-refractivity contribution >= 4 is 6.21 Å². The Morgan fingerprint density at radius 3 is 2.54 bits per heavy atom. The molecule has 0 fully saturated rings. The van der Waals surface area contributed by atoms with Crippen LogP contribution in [0.1, 0.15) is 5.56 Å². The van der Waals surface area contributed by atoms with Crippen LogP contribution in [-0.4, -0.2) is 38.3 Å². The molecular weight excluding hydrogens is 160 g/mol. The molecule has 0 amide bonds. The quantitative estimate of drug-likeness (QED) is 0.637. The smallest absolute Gasteiger partial charge is 0.0516 e. The highest BCUT2D eigenvalue weighted by Crippen LogP contribution is 1.93. The van der Waals surface area contributed by atoms with Gasteiger partial charge in [-0.3, -0.25) is 4.99 Å². The second-order valence-corrected chi connectivity index (χ2v) is 3.25. The van der Waals surface area contributed by atoms with Gasteiger partial charge in [0, 0.05) is 12.8 Å². The van der Waals surface area contributed by atoms with Crippen LogP contribution in [0.15, 0.2) is 35.3 Å². The third-order valence-corrected chi connectivity index (χ3v) is 1.72. The van der Waals surface area contributed by atoms with Crippen LogP contribution in [0.5, 0.6) is 0 Å². The SMILES string of the molecule is CN(C)CCN=Cc1ccccc1. The Hall–Kier alpha value is -1.15. The van der Waals surface area contributed by atoms with Crippen LogP contribution in [0.2, 0.25) is 0 Å². The number of rotatable bonds is 4. The van der Waals surface area contributed by atoms with Gasteiger partial charge in [-0.1, -0.05) is 30.3 Å². The number of aliphatic imine (C=N–C) groups is 1. The lowest BCUT2D eigenvalue weighted by molar-refractivity contribution is 0.421. The predicted octanol–water partition coefficient (Wildman–Crippen LogP) is 1.67. The Kier molecular flexibility index (Phi) is 4.19. The summed E-state index contributed by atoms with van der Waals surface area (Å²) in [5.41, 5.74) is 1.17. The summed E-state index contributed by atoms with van der Waals surface area (Å²) in [4.78, 5) is 6.44. The molecule has 13 heavy (non-hydrogen) atoms. The largest absolute Gasteiger partial charge is 0.308 e. The molecule has 1 aromatic rings. The van der Waals surface area contributed by atoms with Gasteiger partial charge in [0.25, 0.3) is 0 Å². The van der Waals surface area contributed by atoms with E-state index in [9.17, 15) is 0 Å². The normalized spacial score (nSPS) is 11.3. The number of hydrogen-bond acceptors (Lipinski definition) is 2. The molecule has 0 unspecified atom stereocenters. The summed E-state index contributed by atoms with van der Waals surface area (Å²) in [6, 6.07) is 10.2. The number of hydrogen-bond donors (Lipinski definition) is 0. The van der Waals surface area contributed by atoms with Gasteiger partial charge in [-0.05, 0) is 19.7 Å². The first-order valence-electron chi connectivity index (χ1n) is 4.48. The van der Waals surface area contributed by atoms with Gasteiger partial charge < -0.3 is 4.90 Å². The molecule has 0 saturated heterocycles. The van der Waals surface area contributed by atoms with Crippen LogP contribution >= 0.6 is 0 Å². The molecule has 0 spiro atoms. The maximum Gasteiger partial charge on any atom is 0.0516 e. The summed E-state index contributed by atoms with van der Waals surface area (Å²) >= 11 is 0. The monoisotopic (exact) mass is 176 g/mol. The second kappa shape index (κ2) is 5.49. The molecule has 0 N–H and O–H groups in total. The number of likely N-dealkylation sites (N-methyl/N-ethyl adjacent to an activating group) is 1.